The van der Waals surface area contributed by atoms with Crippen LogP contribution in [-0.4, -0.2) is 42.4 Å². The Kier molecular flexibility index (Phi) is 6.75. The Balaban J connectivity index is 1.42. The van der Waals surface area contributed by atoms with Crippen molar-refractivity contribution in [3.05, 3.63) is 58.5 Å². The minimum Gasteiger partial charge on any atom is -0.459 e. The van der Waals surface area contributed by atoms with Crippen LogP contribution in [0, 0.1) is 6.92 Å². The second kappa shape index (κ2) is 9.26. The molecule has 150 valence electrons. The number of carbonyl (C=O) groups is 2. The van der Waals surface area contributed by atoms with Crippen LogP contribution in [0.15, 0.2) is 41.0 Å². The molecule has 1 aromatic heterocycles. The van der Waals surface area contributed by atoms with E-state index in [1.807, 2.05) is 38.1 Å². The molecule has 2 heterocycles. The van der Waals surface area contributed by atoms with Crippen molar-refractivity contribution in [2.45, 2.75) is 38.8 Å². The van der Waals surface area contributed by atoms with E-state index >= 15 is 0 Å². The molecule has 0 radical (unpaired) electrons. The Labute approximate surface area is 170 Å². The van der Waals surface area contributed by atoms with Crippen molar-refractivity contribution >= 4 is 23.4 Å². The summed E-state index contributed by atoms with van der Waals surface area (Å²) in [5, 5.41) is 6.68. The lowest BCUT2D eigenvalue weighted by molar-refractivity contribution is -0.123. The third-order valence-corrected chi connectivity index (χ3v) is 5.45. The van der Waals surface area contributed by atoms with E-state index in [0.29, 0.717) is 17.3 Å². The number of benzene rings is 1. The highest BCUT2D eigenvalue weighted by Gasteiger charge is 2.24. The lowest BCUT2D eigenvalue weighted by Gasteiger charge is -2.32. The largest absolute Gasteiger partial charge is 0.459 e. The van der Waals surface area contributed by atoms with Gasteiger partial charge in [-0.2, -0.15) is 0 Å². The monoisotopic (exact) mass is 403 g/mol. The van der Waals surface area contributed by atoms with E-state index in [1.165, 1.54) is 6.26 Å². The van der Waals surface area contributed by atoms with Gasteiger partial charge in [0.05, 0.1) is 18.8 Å². The number of nitrogens with zero attached hydrogens (tertiary/aromatic N) is 1. The Bertz CT molecular complexity index is 828. The van der Waals surface area contributed by atoms with Gasteiger partial charge in [0.15, 0.2) is 5.76 Å². The summed E-state index contributed by atoms with van der Waals surface area (Å²) in [7, 11) is 0. The SMILES string of the molecule is Cc1ccoc1C(=O)NC1CCN(CC(=O)NC(C)c2ccccc2Cl)CC1. The highest BCUT2D eigenvalue weighted by Crippen LogP contribution is 2.22. The molecule has 0 spiro atoms. The number of nitrogens with one attached hydrogen (secondary N) is 2. The molecule has 2 amide bonds. The van der Waals surface area contributed by atoms with Gasteiger partial charge in [-0.15, -0.1) is 0 Å². The van der Waals surface area contributed by atoms with E-state index < -0.39 is 0 Å². The van der Waals surface area contributed by atoms with Crippen LogP contribution in [0.2, 0.25) is 5.02 Å². The summed E-state index contributed by atoms with van der Waals surface area (Å²) in [4.78, 5) is 26.7. The highest BCUT2D eigenvalue weighted by atomic mass is 35.5. The minimum absolute atomic E-state index is 0.0267. The number of likely N-dealkylation sites (tertiary alicyclic amines) is 1. The third kappa shape index (κ3) is 5.14. The number of halogens is 1. The van der Waals surface area contributed by atoms with Crippen molar-refractivity contribution in [3.8, 4) is 0 Å². The number of furan rings is 1. The summed E-state index contributed by atoms with van der Waals surface area (Å²) in [5.74, 6) is 0.170. The van der Waals surface area contributed by atoms with Crippen LogP contribution in [0.4, 0.5) is 0 Å². The van der Waals surface area contributed by atoms with Crippen LogP contribution >= 0.6 is 11.6 Å². The molecule has 0 saturated carbocycles. The van der Waals surface area contributed by atoms with Crippen LogP contribution in [0.1, 0.15) is 47.5 Å². The van der Waals surface area contributed by atoms with E-state index in [0.717, 1.165) is 37.1 Å². The maximum Gasteiger partial charge on any atom is 0.287 e. The number of aryl methyl sites for hydroxylation is 1. The summed E-state index contributed by atoms with van der Waals surface area (Å²) in [6.07, 6.45) is 3.13. The molecule has 6 nitrogen and oxygen atoms in total. The van der Waals surface area contributed by atoms with Gasteiger partial charge in [-0.1, -0.05) is 29.8 Å². The molecule has 2 aromatic rings. The fraction of sp³-hybridized carbons (Fsp3) is 0.429. The zero-order valence-electron chi connectivity index (χ0n) is 16.2. The lowest BCUT2D eigenvalue weighted by Crippen LogP contribution is -2.47. The summed E-state index contributed by atoms with van der Waals surface area (Å²) in [6.45, 7) is 5.64. The number of piperidine rings is 1. The maximum atomic E-state index is 12.4. The fourth-order valence-corrected chi connectivity index (χ4v) is 3.79. The molecular weight excluding hydrogens is 378 g/mol. The molecule has 1 saturated heterocycles. The van der Waals surface area contributed by atoms with Gasteiger partial charge in [-0.3, -0.25) is 14.5 Å². The van der Waals surface area contributed by atoms with E-state index in [9.17, 15) is 9.59 Å². The lowest BCUT2D eigenvalue weighted by atomic mass is 10.0. The van der Waals surface area contributed by atoms with Gasteiger partial charge in [0, 0.05) is 29.7 Å². The van der Waals surface area contributed by atoms with Crippen LogP contribution < -0.4 is 10.6 Å². The van der Waals surface area contributed by atoms with E-state index in [2.05, 4.69) is 15.5 Å². The molecule has 2 N–H and O–H groups in total. The molecule has 1 aliphatic heterocycles. The number of hydrogen-bond acceptors (Lipinski definition) is 4. The molecule has 0 aliphatic carbocycles. The highest BCUT2D eigenvalue weighted by molar-refractivity contribution is 6.31. The van der Waals surface area contributed by atoms with Gasteiger partial charge in [0.25, 0.3) is 5.91 Å². The molecule has 1 aliphatic rings. The van der Waals surface area contributed by atoms with Gasteiger partial charge in [0.2, 0.25) is 5.91 Å². The first-order valence-corrected chi connectivity index (χ1v) is 9.93. The van der Waals surface area contributed by atoms with Crippen LogP contribution in [-0.2, 0) is 4.79 Å². The molecule has 7 heteroatoms. The molecule has 1 fully saturated rings. The first-order chi connectivity index (χ1) is 13.4. The maximum absolute atomic E-state index is 12.4. The van der Waals surface area contributed by atoms with Gasteiger partial charge in [-0.25, -0.2) is 0 Å². The van der Waals surface area contributed by atoms with Crippen molar-refractivity contribution in [3.63, 3.8) is 0 Å². The van der Waals surface area contributed by atoms with Gasteiger partial charge >= 0.3 is 0 Å². The van der Waals surface area contributed by atoms with Gasteiger partial charge in [-0.05, 0) is 44.4 Å². The van der Waals surface area contributed by atoms with Crippen molar-refractivity contribution in [1.29, 1.82) is 0 Å². The van der Waals surface area contributed by atoms with Crippen LogP contribution in [0.5, 0.6) is 0 Å². The summed E-state index contributed by atoms with van der Waals surface area (Å²) < 4.78 is 5.24. The molecule has 0 bridgehead atoms. The normalized spacial score (nSPS) is 16.5. The quantitative estimate of drug-likeness (QED) is 0.775. The average Bonchev–Trinajstić information content (AvgIpc) is 3.09. The number of carbonyl (C=O) groups excluding carboxylic acids is 2. The fourth-order valence-electron chi connectivity index (χ4n) is 3.49. The zero-order chi connectivity index (χ0) is 20.1. The van der Waals surface area contributed by atoms with E-state index in [4.69, 9.17) is 16.0 Å². The Hall–Kier alpha value is -2.31. The van der Waals surface area contributed by atoms with Crippen LogP contribution in [0.3, 0.4) is 0 Å². The number of rotatable bonds is 6. The van der Waals surface area contributed by atoms with Crippen molar-refractivity contribution in [2.75, 3.05) is 19.6 Å². The minimum atomic E-state index is -0.174. The zero-order valence-corrected chi connectivity index (χ0v) is 17.0. The first kappa shape index (κ1) is 20.4. The molecule has 1 atom stereocenters. The van der Waals surface area contributed by atoms with Crippen LogP contribution in [0.25, 0.3) is 0 Å². The molecule has 1 unspecified atom stereocenters. The van der Waals surface area contributed by atoms with E-state index in [1.54, 1.807) is 6.07 Å². The Morgan fingerprint density at radius 1 is 1.25 bits per heavy atom. The summed E-state index contributed by atoms with van der Waals surface area (Å²) in [6, 6.07) is 9.25. The Morgan fingerprint density at radius 2 is 1.96 bits per heavy atom. The third-order valence-electron chi connectivity index (χ3n) is 5.11. The van der Waals surface area contributed by atoms with Gasteiger partial charge < -0.3 is 15.1 Å². The second-order valence-electron chi connectivity index (χ2n) is 7.27. The summed E-state index contributed by atoms with van der Waals surface area (Å²) >= 11 is 6.20. The smallest absolute Gasteiger partial charge is 0.287 e. The first-order valence-electron chi connectivity index (χ1n) is 9.55. The summed E-state index contributed by atoms with van der Waals surface area (Å²) in [5.41, 5.74) is 1.74. The number of hydrogen-bond donors (Lipinski definition) is 2. The second-order valence-corrected chi connectivity index (χ2v) is 7.67. The molecule has 3 rings (SSSR count). The predicted octanol–water partition coefficient (Wildman–Crippen LogP) is 3.31. The van der Waals surface area contributed by atoms with E-state index in [-0.39, 0.29) is 23.9 Å². The average molecular weight is 404 g/mol. The molecular formula is C21H26ClN3O3. The van der Waals surface area contributed by atoms with Crippen molar-refractivity contribution in [1.82, 2.24) is 15.5 Å². The predicted molar refractivity (Wildman–Crippen MR) is 108 cm³/mol. The molecule has 28 heavy (non-hydrogen) atoms. The standard InChI is InChI=1S/C21H26ClN3O3/c1-14-9-12-28-20(14)21(27)24-16-7-10-25(11-8-16)13-19(26)23-15(2)17-5-3-4-6-18(17)22/h3-6,9,12,15-16H,7-8,10-11,13H2,1-2H3,(H,23,26)(H,24,27). The van der Waals surface area contributed by atoms with Crippen molar-refractivity contribution < 1.29 is 14.0 Å². The topological polar surface area (TPSA) is 74.6 Å². The number of amides is 2. The van der Waals surface area contributed by atoms with Crippen molar-refractivity contribution in [2.24, 2.45) is 0 Å². The van der Waals surface area contributed by atoms with Gasteiger partial charge in [0.1, 0.15) is 0 Å². The molecule has 1 aromatic carbocycles. The Morgan fingerprint density at radius 3 is 2.61 bits per heavy atom.